The lowest BCUT2D eigenvalue weighted by Gasteiger charge is -2.12. The second-order valence-electron chi connectivity index (χ2n) is 6.76. The molecule has 0 radical (unpaired) electrons. The number of amides is 1. The summed E-state index contributed by atoms with van der Waals surface area (Å²) in [4.78, 5) is 16.2. The molecule has 3 rings (SSSR count). The van der Waals surface area contributed by atoms with Crippen molar-refractivity contribution in [2.75, 3.05) is 33.3 Å². The van der Waals surface area contributed by atoms with Crippen LogP contribution in [0.15, 0.2) is 39.9 Å². The van der Waals surface area contributed by atoms with Crippen LogP contribution in [-0.2, 0) is 12.8 Å². The molecule has 1 aliphatic rings. The Kier molecular flexibility index (Phi) is 9.30. The Hall–Kier alpha value is -2.23. The summed E-state index contributed by atoms with van der Waals surface area (Å²) in [5.41, 5.74) is 3.44. The van der Waals surface area contributed by atoms with E-state index >= 15 is 0 Å². The number of aliphatic imine (C=N–C) groups is 1. The first-order valence-corrected chi connectivity index (χ1v) is 9.69. The van der Waals surface area contributed by atoms with Gasteiger partial charge in [-0.25, -0.2) is 0 Å². The maximum Gasteiger partial charge on any atom is 0.287 e. The van der Waals surface area contributed by atoms with Gasteiger partial charge in [0.1, 0.15) is 5.75 Å². The zero-order valence-electron chi connectivity index (χ0n) is 16.9. The highest BCUT2D eigenvalue weighted by Gasteiger charge is 2.12. The van der Waals surface area contributed by atoms with Gasteiger partial charge in [0.2, 0.25) is 0 Å². The molecular formula is C21H29IN4O3. The summed E-state index contributed by atoms with van der Waals surface area (Å²) in [5, 5.41) is 9.44. The lowest BCUT2D eigenvalue weighted by atomic mass is 10.1. The van der Waals surface area contributed by atoms with Crippen molar-refractivity contribution in [3.05, 3.63) is 53.0 Å². The highest BCUT2D eigenvalue weighted by Crippen LogP contribution is 2.25. The van der Waals surface area contributed by atoms with Gasteiger partial charge in [-0.2, -0.15) is 0 Å². The molecule has 29 heavy (non-hydrogen) atoms. The van der Waals surface area contributed by atoms with Crippen molar-refractivity contribution in [1.29, 1.82) is 0 Å². The van der Waals surface area contributed by atoms with Crippen LogP contribution in [0.25, 0.3) is 0 Å². The third-order valence-corrected chi connectivity index (χ3v) is 4.68. The molecule has 0 fully saturated rings. The van der Waals surface area contributed by atoms with Crippen molar-refractivity contribution in [2.24, 2.45) is 4.99 Å². The molecule has 2 aromatic rings. The average Bonchev–Trinajstić information content (AvgIpc) is 3.34. The summed E-state index contributed by atoms with van der Waals surface area (Å²) in [7, 11) is 1.75. The van der Waals surface area contributed by atoms with E-state index in [1.807, 2.05) is 6.92 Å². The minimum atomic E-state index is -0.176. The molecule has 2 heterocycles. The van der Waals surface area contributed by atoms with E-state index in [-0.39, 0.29) is 29.9 Å². The summed E-state index contributed by atoms with van der Waals surface area (Å²) in [6, 6.07) is 8.18. The van der Waals surface area contributed by atoms with E-state index in [4.69, 9.17) is 9.15 Å². The van der Waals surface area contributed by atoms with Crippen LogP contribution in [0.5, 0.6) is 5.75 Å². The topological polar surface area (TPSA) is 87.9 Å². The van der Waals surface area contributed by atoms with Crippen molar-refractivity contribution in [1.82, 2.24) is 16.0 Å². The van der Waals surface area contributed by atoms with Crippen LogP contribution in [0.1, 0.15) is 33.7 Å². The van der Waals surface area contributed by atoms with Crippen molar-refractivity contribution in [3.8, 4) is 5.75 Å². The van der Waals surface area contributed by atoms with Crippen molar-refractivity contribution in [2.45, 2.75) is 26.2 Å². The van der Waals surface area contributed by atoms with Gasteiger partial charge in [-0.05, 0) is 43.0 Å². The molecular weight excluding hydrogens is 483 g/mol. The van der Waals surface area contributed by atoms with Crippen molar-refractivity contribution in [3.63, 3.8) is 0 Å². The molecule has 1 aliphatic heterocycles. The molecule has 0 bridgehead atoms. The maximum atomic E-state index is 12.0. The Morgan fingerprint density at radius 2 is 1.93 bits per heavy atom. The first-order valence-electron chi connectivity index (χ1n) is 9.69. The number of aryl methyl sites for hydroxylation is 1. The molecule has 158 valence electrons. The number of carbonyl (C=O) groups excluding carboxylic acids is 1. The summed E-state index contributed by atoms with van der Waals surface area (Å²) in [6.07, 6.45) is 4.23. The molecule has 0 saturated carbocycles. The van der Waals surface area contributed by atoms with E-state index in [2.05, 4.69) is 39.1 Å². The lowest BCUT2D eigenvalue weighted by Crippen LogP contribution is -2.39. The Balaban J connectivity index is 0.00000300. The fourth-order valence-corrected chi connectivity index (χ4v) is 3.12. The van der Waals surface area contributed by atoms with Crippen LogP contribution in [0.2, 0.25) is 0 Å². The number of hydrogen-bond donors (Lipinski definition) is 3. The number of hydrogen-bond acceptors (Lipinski definition) is 4. The zero-order valence-corrected chi connectivity index (χ0v) is 19.2. The summed E-state index contributed by atoms with van der Waals surface area (Å²) < 4.78 is 10.7. The van der Waals surface area contributed by atoms with Crippen LogP contribution in [-0.4, -0.2) is 45.2 Å². The van der Waals surface area contributed by atoms with Crippen LogP contribution in [0, 0.1) is 6.92 Å². The van der Waals surface area contributed by atoms with E-state index in [9.17, 15) is 4.79 Å². The number of carbonyl (C=O) groups is 1. The fourth-order valence-electron chi connectivity index (χ4n) is 3.12. The molecule has 8 heteroatoms. The van der Waals surface area contributed by atoms with Gasteiger partial charge < -0.3 is 25.1 Å². The number of halogens is 1. The number of rotatable bonds is 8. The first-order chi connectivity index (χ1) is 13.7. The monoisotopic (exact) mass is 512 g/mol. The number of guanidine groups is 1. The predicted octanol–water partition coefficient (Wildman–Crippen LogP) is 2.67. The van der Waals surface area contributed by atoms with Gasteiger partial charge in [0.15, 0.2) is 11.7 Å². The molecule has 3 N–H and O–H groups in total. The number of nitrogens with one attached hydrogen (secondary N) is 3. The Morgan fingerprint density at radius 1 is 1.14 bits per heavy atom. The number of fused-ring (bicyclic) bond motifs is 1. The van der Waals surface area contributed by atoms with Gasteiger partial charge in [0, 0.05) is 38.7 Å². The third-order valence-electron chi connectivity index (χ3n) is 4.68. The van der Waals surface area contributed by atoms with Crippen molar-refractivity contribution >= 4 is 35.8 Å². The Bertz CT molecular complexity index is 835. The number of furan rings is 1. The minimum absolute atomic E-state index is 0. The van der Waals surface area contributed by atoms with Gasteiger partial charge in [0.25, 0.3) is 5.91 Å². The standard InChI is InChI=1S/C21H28N4O3.HI/c1-15-7-12-28-19(15)20(26)23-9-3-10-24-21(22-2)25-11-6-16-4-5-18-17(14-16)8-13-27-18;/h4-5,7,12,14H,3,6,8-11,13H2,1-2H3,(H,23,26)(H2,22,24,25);1H. The molecule has 0 unspecified atom stereocenters. The van der Waals surface area contributed by atoms with E-state index in [0.717, 1.165) is 49.7 Å². The summed E-state index contributed by atoms with van der Waals surface area (Å²) in [6.45, 7) is 4.72. The van der Waals surface area contributed by atoms with E-state index < -0.39 is 0 Å². The van der Waals surface area contributed by atoms with E-state index in [0.29, 0.717) is 18.8 Å². The van der Waals surface area contributed by atoms with Crippen LogP contribution in [0.3, 0.4) is 0 Å². The summed E-state index contributed by atoms with van der Waals surface area (Å²) >= 11 is 0. The minimum Gasteiger partial charge on any atom is -0.493 e. The average molecular weight is 512 g/mol. The predicted molar refractivity (Wildman–Crippen MR) is 125 cm³/mol. The van der Waals surface area contributed by atoms with Crippen molar-refractivity contribution < 1.29 is 13.9 Å². The lowest BCUT2D eigenvalue weighted by molar-refractivity contribution is 0.0925. The van der Waals surface area contributed by atoms with E-state index in [1.165, 1.54) is 17.4 Å². The van der Waals surface area contributed by atoms with Gasteiger partial charge in [-0.3, -0.25) is 9.79 Å². The normalized spacial score (nSPS) is 12.6. The largest absolute Gasteiger partial charge is 0.493 e. The Morgan fingerprint density at radius 3 is 2.69 bits per heavy atom. The summed E-state index contributed by atoms with van der Waals surface area (Å²) in [5.74, 6) is 1.98. The molecule has 0 atom stereocenters. The number of ether oxygens (including phenoxy) is 1. The Labute approximate surface area is 188 Å². The fraction of sp³-hybridized carbons (Fsp3) is 0.429. The smallest absolute Gasteiger partial charge is 0.287 e. The molecule has 1 aromatic heterocycles. The van der Waals surface area contributed by atoms with Crippen LogP contribution < -0.4 is 20.7 Å². The molecule has 7 nitrogen and oxygen atoms in total. The molecule has 0 aliphatic carbocycles. The molecule has 1 amide bonds. The highest BCUT2D eigenvalue weighted by molar-refractivity contribution is 14.0. The first kappa shape index (κ1) is 23.1. The molecule has 0 saturated heterocycles. The van der Waals surface area contributed by atoms with E-state index in [1.54, 1.807) is 13.1 Å². The quantitative estimate of drug-likeness (QED) is 0.219. The third kappa shape index (κ3) is 6.66. The van der Waals surface area contributed by atoms with Gasteiger partial charge in [-0.1, -0.05) is 12.1 Å². The van der Waals surface area contributed by atoms with Gasteiger partial charge in [0.05, 0.1) is 12.9 Å². The van der Waals surface area contributed by atoms with Gasteiger partial charge in [-0.15, -0.1) is 24.0 Å². The highest BCUT2D eigenvalue weighted by atomic mass is 127. The zero-order chi connectivity index (χ0) is 19.8. The van der Waals surface area contributed by atoms with Crippen LogP contribution in [0.4, 0.5) is 0 Å². The molecule has 0 spiro atoms. The number of nitrogens with zero attached hydrogens (tertiary/aromatic N) is 1. The molecule has 1 aromatic carbocycles. The van der Waals surface area contributed by atoms with Gasteiger partial charge >= 0.3 is 0 Å². The second kappa shape index (κ2) is 11.7. The second-order valence-corrected chi connectivity index (χ2v) is 6.76. The number of benzene rings is 1. The SMILES string of the molecule is CN=C(NCCCNC(=O)c1occc1C)NCCc1ccc2c(c1)CCO2.I. The maximum absolute atomic E-state index is 12.0. The van der Waals surface area contributed by atoms with Crippen LogP contribution >= 0.6 is 24.0 Å².